The minimum Gasteiger partial charge on any atom is -0.810 e. The average molecular weight is 463 g/mol. The van der Waals surface area contributed by atoms with E-state index in [1.807, 2.05) is 18.2 Å². The molecule has 0 heterocycles. The second-order valence-electron chi connectivity index (χ2n) is 5.46. The molecule has 0 spiro atoms. The Balaban J connectivity index is 0.00000338. The van der Waals surface area contributed by atoms with Gasteiger partial charge in [0.1, 0.15) is 16.5 Å². The van der Waals surface area contributed by atoms with Crippen molar-refractivity contribution in [3.8, 4) is 11.5 Å². The molecule has 1 N–H and O–H groups in total. The summed E-state index contributed by atoms with van der Waals surface area (Å²) >= 11 is 0. The van der Waals surface area contributed by atoms with Gasteiger partial charge in [-0.25, -0.2) is 0 Å². The molecule has 0 saturated carbocycles. The van der Waals surface area contributed by atoms with E-state index >= 15 is 0 Å². The summed E-state index contributed by atoms with van der Waals surface area (Å²) in [5, 5.41) is 0. The van der Waals surface area contributed by atoms with E-state index in [9.17, 15) is 22.8 Å². The van der Waals surface area contributed by atoms with E-state index in [4.69, 9.17) is 9.29 Å². The predicted octanol–water partition coefficient (Wildman–Crippen LogP) is -4.06. The molecule has 11 heteroatoms. The van der Waals surface area contributed by atoms with E-state index in [1.54, 1.807) is 36.4 Å². The third-order valence-corrected chi connectivity index (χ3v) is 6.95. The van der Waals surface area contributed by atoms with Gasteiger partial charge in [-0.15, -0.1) is 0 Å². The van der Waals surface area contributed by atoms with Gasteiger partial charge in [0, 0.05) is 0 Å². The van der Waals surface area contributed by atoms with E-state index in [-0.39, 0.29) is 109 Å². The number of benzene rings is 2. The molecule has 1 atom stereocenters. The zero-order valence-corrected chi connectivity index (χ0v) is 23.1. The van der Waals surface area contributed by atoms with Gasteiger partial charge in [0.05, 0.1) is 0 Å². The van der Waals surface area contributed by atoms with Crippen molar-refractivity contribution < 1.29 is 135 Å². The Hall–Kier alpha value is 1.57. The first-order valence-electron chi connectivity index (χ1n) is 7.46. The van der Waals surface area contributed by atoms with Gasteiger partial charge in [-0.05, 0) is 56.7 Å². The van der Waals surface area contributed by atoms with Crippen molar-refractivity contribution in [1.82, 2.24) is 0 Å². The molecule has 0 bridgehead atoms. The van der Waals surface area contributed by atoms with Crippen molar-refractivity contribution in [1.29, 1.82) is 0 Å². The first-order chi connectivity index (χ1) is 11.7. The Labute approximate surface area is 244 Å². The first-order valence-corrected chi connectivity index (χ1v) is 10.6. The van der Waals surface area contributed by atoms with Gasteiger partial charge >= 0.3 is 103 Å². The molecule has 2 aromatic rings. The normalized spacial score (nSPS) is 12.4. The van der Waals surface area contributed by atoms with Crippen LogP contribution in [-0.4, -0.2) is 18.0 Å². The van der Waals surface area contributed by atoms with Crippen LogP contribution in [0, 0.1) is 0 Å². The minimum absolute atomic E-state index is 0. The third kappa shape index (κ3) is 10.4. The zero-order chi connectivity index (χ0) is 18.5. The van der Waals surface area contributed by atoms with Gasteiger partial charge in [0.15, 0.2) is 0 Å². The van der Waals surface area contributed by atoms with Crippen LogP contribution in [0.3, 0.4) is 0 Å². The van der Waals surface area contributed by atoms with Crippen molar-refractivity contribution in [2.24, 2.45) is 0 Å². The van der Waals surface area contributed by atoms with Crippen LogP contribution in [-0.2, 0) is 21.1 Å². The van der Waals surface area contributed by atoms with E-state index in [0.717, 1.165) is 5.56 Å². The summed E-state index contributed by atoms with van der Waals surface area (Å²) in [7, 11) is -10.4. The molecule has 0 aliphatic rings. The van der Waals surface area contributed by atoms with Crippen LogP contribution >= 0.6 is 7.60 Å². The molecule has 0 aromatic heterocycles. The van der Waals surface area contributed by atoms with Crippen molar-refractivity contribution in [3.05, 3.63) is 60.2 Å². The number of hydrogen-bond acceptors (Lipinski definition) is 6. The van der Waals surface area contributed by atoms with E-state index in [1.165, 1.54) is 0 Å². The molecular formula is C16H17K2O7PS. The Morgan fingerprint density at radius 2 is 1.59 bits per heavy atom. The van der Waals surface area contributed by atoms with E-state index in [0.29, 0.717) is 17.9 Å². The fourth-order valence-electron chi connectivity index (χ4n) is 2.34. The number of rotatable bonds is 8. The molecule has 0 radical (unpaired) electrons. The van der Waals surface area contributed by atoms with Crippen molar-refractivity contribution in [2.75, 3.05) is 0 Å². The molecule has 0 aliphatic carbocycles. The molecule has 0 aliphatic heterocycles. The smallest absolute Gasteiger partial charge is 0.810 e. The molecule has 27 heavy (non-hydrogen) atoms. The maximum absolute atomic E-state index is 11.0. The molecular weight excluding hydrogens is 445 g/mol. The number of ether oxygens (including phenoxy) is 1. The van der Waals surface area contributed by atoms with Gasteiger partial charge in [0.25, 0.3) is 10.1 Å². The van der Waals surface area contributed by atoms with Gasteiger partial charge in [-0.3, -0.25) is 4.55 Å². The SMILES string of the molecule is O=P([O-])([O-])[C@H](CCCc1cccc(Oc2ccccc2)c1)S(=O)(=O)O.[K+].[K+]. The van der Waals surface area contributed by atoms with Crippen LogP contribution in [0.4, 0.5) is 0 Å². The van der Waals surface area contributed by atoms with Gasteiger partial charge in [0.2, 0.25) is 0 Å². The van der Waals surface area contributed by atoms with Crippen molar-refractivity contribution >= 4 is 17.7 Å². The van der Waals surface area contributed by atoms with Gasteiger partial charge in [-0.1, -0.05) is 30.3 Å². The van der Waals surface area contributed by atoms with Crippen LogP contribution < -0.4 is 117 Å². The standard InChI is InChI=1S/C16H19O7PS.2K/c17-24(18,19)16(25(20,21)22)11-5-7-13-6-4-10-15(12-13)23-14-8-2-1-3-9-14;;/h1-4,6,8-10,12,16H,5,7,11H2,(H2,17,18,19)(H,20,21,22);;/q;2*+1/p-2/t16-;;/m0../s1. The summed E-state index contributed by atoms with van der Waals surface area (Å²) < 4.78 is 47.6. The summed E-state index contributed by atoms with van der Waals surface area (Å²) in [6.07, 6.45) is -0.0292. The van der Waals surface area contributed by atoms with Crippen molar-refractivity contribution in [3.63, 3.8) is 0 Å². The fourth-order valence-corrected chi connectivity index (χ4v) is 4.61. The molecule has 0 unspecified atom stereocenters. The van der Waals surface area contributed by atoms with Crippen LogP contribution in [0.5, 0.6) is 11.5 Å². The van der Waals surface area contributed by atoms with E-state index < -0.39 is 29.1 Å². The van der Waals surface area contributed by atoms with Crippen molar-refractivity contribution in [2.45, 2.75) is 24.3 Å². The molecule has 0 saturated heterocycles. The summed E-state index contributed by atoms with van der Waals surface area (Å²) in [4.78, 5) is 19.7. The number of hydrogen-bond donors (Lipinski definition) is 1. The maximum atomic E-state index is 11.0. The van der Waals surface area contributed by atoms with E-state index in [2.05, 4.69) is 0 Å². The summed E-state index contributed by atoms with van der Waals surface area (Å²) in [5.74, 6) is 1.23. The minimum atomic E-state index is -5.44. The van der Waals surface area contributed by atoms with Crippen LogP contribution in [0.25, 0.3) is 0 Å². The monoisotopic (exact) mass is 462 g/mol. The Kier molecular flexibility index (Phi) is 13.8. The molecule has 0 amide bonds. The third-order valence-electron chi connectivity index (χ3n) is 3.49. The van der Waals surface area contributed by atoms with Gasteiger partial charge in [-0.2, -0.15) is 8.42 Å². The molecule has 136 valence electrons. The molecule has 2 rings (SSSR count). The van der Waals surface area contributed by atoms with Crippen LogP contribution in [0.1, 0.15) is 18.4 Å². The van der Waals surface area contributed by atoms with Gasteiger partial charge < -0.3 is 19.1 Å². The fraction of sp³-hybridized carbons (Fsp3) is 0.250. The summed E-state index contributed by atoms with van der Waals surface area (Å²) in [6.45, 7) is 0. The summed E-state index contributed by atoms with van der Waals surface area (Å²) in [5.41, 5.74) is 0.786. The zero-order valence-electron chi connectivity index (χ0n) is 15.1. The first kappa shape index (κ1) is 28.6. The Morgan fingerprint density at radius 1 is 1.00 bits per heavy atom. The van der Waals surface area contributed by atoms with Crippen LogP contribution in [0.2, 0.25) is 0 Å². The van der Waals surface area contributed by atoms with Crippen LogP contribution in [0.15, 0.2) is 54.6 Å². The Bertz CT molecular complexity index is 856. The average Bonchev–Trinajstić information content (AvgIpc) is 2.50. The second-order valence-corrected chi connectivity index (χ2v) is 9.12. The largest absolute Gasteiger partial charge is 1.00 e. The topological polar surface area (TPSA) is 127 Å². The number of aryl methyl sites for hydroxylation is 1. The number of para-hydroxylation sites is 1. The molecule has 0 fully saturated rings. The Morgan fingerprint density at radius 3 is 2.15 bits per heavy atom. The quantitative estimate of drug-likeness (QED) is 0.240. The predicted molar refractivity (Wildman–Crippen MR) is 88.8 cm³/mol. The second kappa shape index (κ2) is 13.1. The maximum Gasteiger partial charge on any atom is 1.00 e. The molecule has 7 nitrogen and oxygen atoms in total. The molecule has 2 aromatic carbocycles. The summed E-state index contributed by atoms with van der Waals surface area (Å²) in [6, 6.07) is 16.1.